The summed E-state index contributed by atoms with van der Waals surface area (Å²) < 4.78 is 2.63. The second kappa shape index (κ2) is 4.96. The Hall–Kier alpha value is -2.12. The molecule has 0 radical (unpaired) electrons. The molecule has 1 aliphatic heterocycles. The molecule has 2 N–H and O–H groups in total. The van der Waals surface area contributed by atoms with Crippen LogP contribution in [0.15, 0.2) is 27.8 Å². The van der Waals surface area contributed by atoms with Crippen LogP contribution >= 0.6 is 11.5 Å². The lowest BCUT2D eigenvalue weighted by Gasteiger charge is -2.34. The molecule has 0 atom stereocenters. The Morgan fingerprint density at radius 3 is 2.64 bits per heavy atom. The molecule has 4 rings (SSSR count). The second-order valence-corrected chi connectivity index (χ2v) is 6.50. The van der Waals surface area contributed by atoms with Crippen molar-refractivity contribution >= 4 is 38.3 Å². The lowest BCUT2D eigenvalue weighted by Crippen LogP contribution is -2.44. The predicted molar refractivity (Wildman–Crippen MR) is 90.3 cm³/mol. The maximum absolute atomic E-state index is 12.8. The Balaban J connectivity index is 1.99. The summed E-state index contributed by atoms with van der Waals surface area (Å²) in [4.78, 5) is 33.0. The summed E-state index contributed by atoms with van der Waals surface area (Å²) in [5.41, 5.74) is 1.21. The van der Waals surface area contributed by atoms with Gasteiger partial charge in [-0.3, -0.25) is 14.0 Å². The van der Waals surface area contributed by atoms with Crippen LogP contribution in [0.4, 0.5) is 5.69 Å². The summed E-state index contributed by atoms with van der Waals surface area (Å²) in [7, 11) is 2.10. The number of H-pyrrole nitrogens is 2. The van der Waals surface area contributed by atoms with Gasteiger partial charge in [-0.2, -0.15) is 0 Å². The summed E-state index contributed by atoms with van der Waals surface area (Å²) in [6.45, 7) is 3.70. The fourth-order valence-corrected chi connectivity index (χ4v) is 3.78. The van der Waals surface area contributed by atoms with Gasteiger partial charge in [0, 0.05) is 26.2 Å². The van der Waals surface area contributed by atoms with Crippen molar-refractivity contribution in [2.24, 2.45) is 0 Å². The van der Waals surface area contributed by atoms with Crippen molar-refractivity contribution in [3.05, 3.63) is 38.8 Å². The van der Waals surface area contributed by atoms with Crippen LogP contribution < -0.4 is 15.9 Å². The number of hydrogen-bond donors (Lipinski definition) is 2. The number of aromatic amines is 2. The minimum atomic E-state index is -0.309. The third-order valence-corrected chi connectivity index (χ3v) is 5.09. The quantitative estimate of drug-likeness (QED) is 0.707. The normalized spacial score (nSPS) is 16.7. The zero-order valence-electron chi connectivity index (χ0n) is 12.2. The molecule has 1 aromatic carbocycles. The fraction of sp³-hybridized carbons (Fsp3) is 0.333. The number of nitrogens with one attached hydrogen (secondary N) is 2. The van der Waals surface area contributed by atoms with Crippen LogP contribution in [0.1, 0.15) is 0 Å². The summed E-state index contributed by atoms with van der Waals surface area (Å²) in [6, 6.07) is 5.81. The van der Waals surface area contributed by atoms with Gasteiger partial charge in [-0.05, 0) is 30.7 Å². The van der Waals surface area contributed by atoms with Crippen molar-refractivity contribution in [1.82, 2.24) is 14.3 Å². The van der Waals surface area contributed by atoms with Gasteiger partial charge in [0.15, 0.2) is 0 Å². The molecule has 1 aliphatic rings. The molecule has 2 aromatic heterocycles. The lowest BCUT2D eigenvalue weighted by atomic mass is 10.1. The third-order valence-electron chi connectivity index (χ3n) is 4.29. The first-order chi connectivity index (χ1) is 10.6. The number of anilines is 1. The van der Waals surface area contributed by atoms with Crippen LogP contribution in [0, 0.1) is 0 Å². The van der Waals surface area contributed by atoms with E-state index in [1.54, 1.807) is 0 Å². The number of pyridine rings is 1. The predicted octanol–water partition coefficient (Wildman–Crippen LogP) is 1.18. The Morgan fingerprint density at radius 2 is 1.86 bits per heavy atom. The zero-order chi connectivity index (χ0) is 15.3. The topological polar surface area (TPSA) is 72.2 Å². The van der Waals surface area contributed by atoms with Crippen molar-refractivity contribution in [3.63, 3.8) is 0 Å². The van der Waals surface area contributed by atoms with E-state index in [1.165, 1.54) is 11.5 Å². The van der Waals surface area contributed by atoms with E-state index in [4.69, 9.17) is 0 Å². The monoisotopic (exact) mass is 316 g/mol. The largest absolute Gasteiger partial charge is 0.368 e. The number of nitrogens with zero attached hydrogens (tertiary/aromatic N) is 2. The van der Waals surface area contributed by atoms with E-state index in [0.29, 0.717) is 10.2 Å². The smallest absolute Gasteiger partial charge is 0.271 e. The molecule has 0 unspecified atom stereocenters. The fourth-order valence-electron chi connectivity index (χ4n) is 3.04. The van der Waals surface area contributed by atoms with Gasteiger partial charge < -0.3 is 14.8 Å². The van der Waals surface area contributed by atoms with E-state index in [2.05, 4.69) is 26.2 Å². The molecule has 0 aliphatic carbocycles. The third kappa shape index (κ3) is 1.97. The maximum atomic E-state index is 12.8. The number of benzene rings is 1. The first kappa shape index (κ1) is 13.5. The van der Waals surface area contributed by atoms with Crippen LogP contribution in [0.5, 0.6) is 0 Å². The van der Waals surface area contributed by atoms with Crippen LogP contribution in [0.3, 0.4) is 0 Å². The molecular formula is C15H16N4O2S. The summed E-state index contributed by atoms with van der Waals surface area (Å²) in [5.74, 6) is 0. The van der Waals surface area contributed by atoms with E-state index in [1.807, 2.05) is 18.2 Å². The molecule has 3 aromatic rings. The first-order valence-corrected chi connectivity index (χ1v) is 8.06. The number of fused-ring (bicyclic) bond motifs is 2. The van der Waals surface area contributed by atoms with Crippen molar-refractivity contribution in [1.29, 1.82) is 0 Å². The second-order valence-electron chi connectivity index (χ2n) is 5.68. The van der Waals surface area contributed by atoms with Gasteiger partial charge in [-0.1, -0.05) is 6.07 Å². The Bertz CT molecular complexity index is 963. The average Bonchev–Trinajstić information content (AvgIpc) is 2.89. The Kier molecular flexibility index (Phi) is 3.05. The standard InChI is InChI=1S/C15H16N4O2S/c1-18-5-7-19(8-6-18)10-4-2-3-9-11(10)13(20)12-14(21)17-22-15(12)16-9/h2-4H,5-8H2,1H3,(H,16,20)(H,17,21). The number of piperazine rings is 1. The Labute approximate surface area is 130 Å². The SMILES string of the molecule is CN1CCN(c2cccc3[nH]c4s[nH]c(=O)c4c(=O)c23)CC1. The van der Waals surface area contributed by atoms with Crippen LogP contribution in [-0.2, 0) is 0 Å². The summed E-state index contributed by atoms with van der Waals surface area (Å²) >= 11 is 1.17. The van der Waals surface area contributed by atoms with E-state index < -0.39 is 0 Å². The van der Waals surface area contributed by atoms with Gasteiger partial charge in [0.2, 0.25) is 5.43 Å². The molecule has 0 bridgehead atoms. The molecule has 6 nitrogen and oxygen atoms in total. The molecule has 1 saturated heterocycles. The van der Waals surface area contributed by atoms with Crippen LogP contribution in [0.25, 0.3) is 21.1 Å². The molecule has 0 amide bonds. The zero-order valence-corrected chi connectivity index (χ0v) is 13.0. The van der Waals surface area contributed by atoms with Gasteiger partial charge in [0.1, 0.15) is 10.2 Å². The van der Waals surface area contributed by atoms with Gasteiger partial charge in [0.25, 0.3) is 5.56 Å². The highest BCUT2D eigenvalue weighted by Gasteiger charge is 2.19. The summed E-state index contributed by atoms with van der Waals surface area (Å²) in [5, 5.41) is 0.850. The molecule has 22 heavy (non-hydrogen) atoms. The van der Waals surface area contributed by atoms with Crippen molar-refractivity contribution in [2.45, 2.75) is 0 Å². The van der Waals surface area contributed by atoms with Crippen molar-refractivity contribution in [2.75, 3.05) is 38.1 Å². The minimum Gasteiger partial charge on any atom is -0.368 e. The molecule has 0 saturated carbocycles. The van der Waals surface area contributed by atoms with Gasteiger partial charge in [0.05, 0.1) is 16.6 Å². The molecule has 0 spiro atoms. The Morgan fingerprint density at radius 1 is 1.09 bits per heavy atom. The molecule has 7 heteroatoms. The first-order valence-electron chi connectivity index (χ1n) is 7.25. The average molecular weight is 316 g/mol. The highest BCUT2D eigenvalue weighted by Crippen LogP contribution is 2.26. The van der Waals surface area contributed by atoms with Crippen LogP contribution in [-0.4, -0.2) is 47.5 Å². The van der Waals surface area contributed by atoms with Crippen LogP contribution in [0.2, 0.25) is 0 Å². The highest BCUT2D eigenvalue weighted by molar-refractivity contribution is 7.12. The molecule has 3 heterocycles. The summed E-state index contributed by atoms with van der Waals surface area (Å²) in [6.07, 6.45) is 0. The van der Waals surface area contributed by atoms with E-state index in [0.717, 1.165) is 37.4 Å². The van der Waals surface area contributed by atoms with Crippen molar-refractivity contribution in [3.8, 4) is 0 Å². The minimum absolute atomic E-state index is 0.180. The number of rotatable bonds is 1. The lowest BCUT2D eigenvalue weighted by molar-refractivity contribution is 0.313. The van der Waals surface area contributed by atoms with E-state index in [-0.39, 0.29) is 16.4 Å². The van der Waals surface area contributed by atoms with E-state index in [9.17, 15) is 9.59 Å². The van der Waals surface area contributed by atoms with E-state index >= 15 is 0 Å². The highest BCUT2D eigenvalue weighted by atomic mass is 32.1. The molecule has 114 valence electrons. The maximum Gasteiger partial charge on any atom is 0.271 e. The number of likely N-dealkylation sites (N-methyl/N-ethyl adjacent to an activating group) is 1. The van der Waals surface area contributed by atoms with Gasteiger partial charge in [-0.25, -0.2) is 0 Å². The molecule has 1 fully saturated rings. The number of hydrogen-bond acceptors (Lipinski definition) is 5. The van der Waals surface area contributed by atoms with Crippen molar-refractivity contribution < 1.29 is 0 Å². The van der Waals surface area contributed by atoms with Gasteiger partial charge >= 0.3 is 0 Å². The number of aromatic nitrogens is 2. The molecular weight excluding hydrogens is 300 g/mol. The van der Waals surface area contributed by atoms with Gasteiger partial charge in [-0.15, -0.1) is 0 Å².